The first-order valence-electron chi connectivity index (χ1n) is 12.5. The van der Waals surface area contributed by atoms with Gasteiger partial charge in [0.05, 0.1) is 12.8 Å². The number of ether oxygens (including phenoxy) is 1. The SMILES string of the molecule is COc1ccc(Cl)cc1S(=O)(=O)N1CCC[C@@H](Nc2nccc(-c3c(-c4ccc(F)cc4)nc4occn34)n2)C1. The highest BCUT2D eigenvalue weighted by Gasteiger charge is 2.33. The fourth-order valence-electron chi connectivity index (χ4n) is 4.85. The molecule has 2 aromatic carbocycles. The molecule has 1 atom stereocenters. The van der Waals surface area contributed by atoms with E-state index in [4.69, 9.17) is 25.7 Å². The Balaban J connectivity index is 1.28. The molecule has 6 rings (SSSR count). The van der Waals surface area contributed by atoms with Crippen molar-refractivity contribution in [2.45, 2.75) is 23.8 Å². The van der Waals surface area contributed by atoms with Crippen molar-refractivity contribution in [1.29, 1.82) is 0 Å². The number of aromatic nitrogens is 4. The minimum Gasteiger partial charge on any atom is -0.495 e. The van der Waals surface area contributed by atoms with Gasteiger partial charge in [0.2, 0.25) is 16.0 Å². The third kappa shape index (κ3) is 4.89. The number of nitrogens with zero attached hydrogens (tertiary/aromatic N) is 5. The van der Waals surface area contributed by atoms with Crippen LogP contribution in [0.5, 0.6) is 5.75 Å². The average Bonchev–Trinajstić information content (AvgIpc) is 3.55. The van der Waals surface area contributed by atoms with Gasteiger partial charge in [-0.3, -0.25) is 4.40 Å². The molecule has 0 bridgehead atoms. The maximum atomic E-state index is 13.6. The van der Waals surface area contributed by atoms with Gasteiger partial charge in [-0.1, -0.05) is 11.6 Å². The Hall–Kier alpha value is -4.00. The molecule has 0 unspecified atom stereocenters. The van der Waals surface area contributed by atoms with Crippen molar-refractivity contribution >= 4 is 33.4 Å². The molecule has 1 aliphatic heterocycles. The maximum Gasteiger partial charge on any atom is 0.306 e. The van der Waals surface area contributed by atoms with E-state index in [1.54, 1.807) is 47.1 Å². The van der Waals surface area contributed by atoms with Crippen LogP contribution in [0, 0.1) is 5.82 Å². The Bertz CT molecular complexity index is 1790. The number of oxazole rings is 1. The largest absolute Gasteiger partial charge is 0.495 e. The predicted molar refractivity (Wildman–Crippen MR) is 147 cm³/mol. The topological polar surface area (TPSA) is 115 Å². The zero-order valence-electron chi connectivity index (χ0n) is 21.3. The van der Waals surface area contributed by atoms with Crippen molar-refractivity contribution in [2.24, 2.45) is 0 Å². The number of anilines is 1. The third-order valence-corrected chi connectivity index (χ3v) is 8.86. The molecular formula is C27H24ClFN6O4S. The van der Waals surface area contributed by atoms with Crippen molar-refractivity contribution in [3.8, 4) is 28.4 Å². The van der Waals surface area contributed by atoms with E-state index < -0.39 is 10.0 Å². The van der Waals surface area contributed by atoms with Gasteiger partial charge in [-0.15, -0.1) is 0 Å². The van der Waals surface area contributed by atoms with E-state index in [9.17, 15) is 12.8 Å². The summed E-state index contributed by atoms with van der Waals surface area (Å²) >= 11 is 6.10. The van der Waals surface area contributed by atoms with Crippen molar-refractivity contribution in [2.75, 3.05) is 25.5 Å². The fraction of sp³-hybridized carbons (Fsp3) is 0.222. The molecule has 1 aliphatic rings. The van der Waals surface area contributed by atoms with Gasteiger partial charge in [-0.25, -0.2) is 22.8 Å². The average molecular weight is 583 g/mol. The summed E-state index contributed by atoms with van der Waals surface area (Å²) in [6, 6.07) is 12.1. The molecule has 4 heterocycles. The molecule has 206 valence electrons. The summed E-state index contributed by atoms with van der Waals surface area (Å²) in [7, 11) is -2.44. The van der Waals surface area contributed by atoms with Crippen LogP contribution in [0.1, 0.15) is 12.8 Å². The Morgan fingerprint density at radius 2 is 1.98 bits per heavy atom. The monoisotopic (exact) mass is 582 g/mol. The van der Waals surface area contributed by atoms with Crippen LogP contribution in [0.2, 0.25) is 5.02 Å². The van der Waals surface area contributed by atoms with E-state index in [1.165, 1.54) is 35.9 Å². The summed E-state index contributed by atoms with van der Waals surface area (Å²) < 4.78 is 54.6. The quantitative estimate of drug-likeness (QED) is 0.281. The second-order valence-corrected chi connectivity index (χ2v) is 11.6. The Morgan fingerprint density at radius 1 is 1.15 bits per heavy atom. The van der Waals surface area contributed by atoms with Crippen molar-refractivity contribution in [3.63, 3.8) is 0 Å². The second kappa shape index (κ2) is 10.5. The van der Waals surface area contributed by atoms with Crippen LogP contribution < -0.4 is 10.1 Å². The zero-order chi connectivity index (χ0) is 27.9. The van der Waals surface area contributed by atoms with E-state index >= 15 is 0 Å². The summed E-state index contributed by atoms with van der Waals surface area (Å²) in [6.07, 6.45) is 6.24. The van der Waals surface area contributed by atoms with Crippen LogP contribution in [0.15, 0.2) is 76.5 Å². The summed E-state index contributed by atoms with van der Waals surface area (Å²) in [6.45, 7) is 0.581. The molecule has 0 aliphatic carbocycles. The molecule has 1 saturated heterocycles. The van der Waals surface area contributed by atoms with E-state index in [1.807, 2.05) is 0 Å². The lowest BCUT2D eigenvalue weighted by Gasteiger charge is -2.32. The Labute approximate surface area is 234 Å². The molecule has 40 heavy (non-hydrogen) atoms. The highest BCUT2D eigenvalue weighted by Crippen LogP contribution is 2.34. The number of methoxy groups -OCH3 is 1. The van der Waals surface area contributed by atoms with Gasteiger partial charge in [0.25, 0.3) is 0 Å². The van der Waals surface area contributed by atoms with E-state index in [-0.39, 0.29) is 29.0 Å². The number of benzene rings is 2. The number of hydrogen-bond donors (Lipinski definition) is 1. The highest BCUT2D eigenvalue weighted by molar-refractivity contribution is 7.89. The van der Waals surface area contributed by atoms with Gasteiger partial charge >= 0.3 is 5.84 Å². The van der Waals surface area contributed by atoms with Crippen LogP contribution in [0.3, 0.4) is 0 Å². The zero-order valence-corrected chi connectivity index (χ0v) is 22.9. The van der Waals surface area contributed by atoms with Gasteiger partial charge < -0.3 is 14.5 Å². The van der Waals surface area contributed by atoms with E-state index in [2.05, 4.69) is 15.3 Å². The molecule has 3 aromatic heterocycles. The van der Waals surface area contributed by atoms with Gasteiger partial charge in [-0.2, -0.15) is 9.29 Å². The Kier molecular flexibility index (Phi) is 6.90. The molecule has 1 fully saturated rings. The number of sulfonamides is 1. The maximum absolute atomic E-state index is 13.6. The van der Waals surface area contributed by atoms with Crippen molar-refractivity contribution in [3.05, 3.63) is 78.0 Å². The van der Waals surface area contributed by atoms with Gasteiger partial charge in [0, 0.05) is 42.1 Å². The smallest absolute Gasteiger partial charge is 0.306 e. The van der Waals surface area contributed by atoms with Crippen LogP contribution in [0.4, 0.5) is 10.3 Å². The number of rotatable bonds is 7. The molecule has 0 spiro atoms. The van der Waals surface area contributed by atoms with E-state index in [0.29, 0.717) is 52.4 Å². The van der Waals surface area contributed by atoms with Crippen LogP contribution in [-0.4, -0.2) is 58.3 Å². The lowest BCUT2D eigenvalue weighted by Crippen LogP contribution is -2.45. The first-order chi connectivity index (χ1) is 19.3. The lowest BCUT2D eigenvalue weighted by molar-refractivity contribution is 0.324. The summed E-state index contributed by atoms with van der Waals surface area (Å²) in [5.41, 5.74) is 2.50. The number of piperidine rings is 1. The first-order valence-corrected chi connectivity index (χ1v) is 14.3. The number of hydrogen-bond acceptors (Lipinski definition) is 8. The molecule has 0 saturated carbocycles. The predicted octanol–water partition coefficient (Wildman–Crippen LogP) is 5.12. The van der Waals surface area contributed by atoms with Crippen LogP contribution in [-0.2, 0) is 10.0 Å². The number of nitrogens with one attached hydrogen (secondary N) is 1. The highest BCUT2D eigenvalue weighted by atomic mass is 35.5. The summed E-state index contributed by atoms with van der Waals surface area (Å²) in [5, 5.41) is 3.61. The normalized spacial score (nSPS) is 16.3. The minimum absolute atomic E-state index is 0.0274. The second-order valence-electron chi connectivity index (χ2n) is 9.28. The molecule has 0 amide bonds. The molecule has 0 radical (unpaired) electrons. The summed E-state index contributed by atoms with van der Waals surface area (Å²) in [5.74, 6) is 0.593. The van der Waals surface area contributed by atoms with Crippen LogP contribution in [0.25, 0.3) is 28.5 Å². The number of halogens is 2. The first kappa shape index (κ1) is 26.2. The lowest BCUT2D eigenvalue weighted by atomic mass is 10.1. The van der Waals surface area contributed by atoms with Crippen molar-refractivity contribution in [1.82, 2.24) is 23.7 Å². The molecule has 13 heteroatoms. The molecule has 10 nitrogen and oxygen atoms in total. The van der Waals surface area contributed by atoms with Gasteiger partial charge in [0.15, 0.2) is 0 Å². The summed E-state index contributed by atoms with van der Waals surface area (Å²) in [4.78, 5) is 13.7. The Morgan fingerprint density at radius 3 is 2.77 bits per heavy atom. The number of imidazole rings is 1. The standard InChI is InChI=1S/C27H24ClFN6O4S/c1-38-22-9-6-18(28)15-23(22)40(36,37)34-12-2-3-20(16-34)31-26-30-11-10-21(32-26)25-24(17-4-7-19(29)8-5-17)33-27-35(25)13-14-39-27/h4-11,13-15,20H,2-3,12,16H2,1H3,(H,30,31,32)/t20-/m1/s1. The molecule has 1 N–H and O–H groups in total. The van der Waals surface area contributed by atoms with Crippen LogP contribution >= 0.6 is 11.6 Å². The fourth-order valence-corrected chi connectivity index (χ4v) is 6.79. The van der Waals surface area contributed by atoms with Crippen molar-refractivity contribution < 1.29 is 22.0 Å². The van der Waals surface area contributed by atoms with Gasteiger partial charge in [0.1, 0.15) is 34.1 Å². The molecule has 5 aromatic rings. The third-order valence-electron chi connectivity index (χ3n) is 6.74. The minimum atomic E-state index is -3.86. The number of fused-ring (bicyclic) bond motifs is 1. The van der Waals surface area contributed by atoms with E-state index in [0.717, 1.165) is 6.42 Å². The van der Waals surface area contributed by atoms with Gasteiger partial charge in [-0.05, 0) is 61.4 Å². The molecular weight excluding hydrogens is 559 g/mol.